The van der Waals surface area contributed by atoms with Crippen molar-refractivity contribution >= 4 is 0 Å². The lowest BCUT2D eigenvalue weighted by Crippen LogP contribution is -2.20. The van der Waals surface area contributed by atoms with Crippen molar-refractivity contribution in [3.63, 3.8) is 0 Å². The fourth-order valence-electron chi connectivity index (χ4n) is 3.99. The third-order valence-corrected chi connectivity index (χ3v) is 5.86. The standard InChI is InChI=1S/C25H29F3O3/c1-3-4-13-30-22-11-9-19(14-21(22)26)18-7-5-17(6-8-18)15-31-23-12-10-20(16(2)29)24(27)25(23)28/h3,9-12,14,16-18,29H,1,4-8,13,15H2,2H3. The summed E-state index contributed by atoms with van der Waals surface area (Å²) >= 11 is 0. The molecule has 0 radical (unpaired) electrons. The van der Waals surface area contributed by atoms with Gasteiger partial charge in [0.15, 0.2) is 23.1 Å². The van der Waals surface area contributed by atoms with E-state index in [2.05, 4.69) is 6.58 Å². The van der Waals surface area contributed by atoms with Gasteiger partial charge in [0.2, 0.25) is 5.82 Å². The van der Waals surface area contributed by atoms with Crippen LogP contribution >= 0.6 is 0 Å². The highest BCUT2D eigenvalue weighted by Crippen LogP contribution is 2.37. The molecule has 1 aliphatic rings. The highest BCUT2D eigenvalue weighted by atomic mass is 19.2. The van der Waals surface area contributed by atoms with E-state index in [1.807, 2.05) is 6.07 Å². The van der Waals surface area contributed by atoms with E-state index in [-0.39, 0.29) is 34.7 Å². The Morgan fingerprint density at radius 3 is 2.39 bits per heavy atom. The maximum absolute atomic E-state index is 14.3. The number of hydrogen-bond donors (Lipinski definition) is 1. The van der Waals surface area contributed by atoms with Crippen LogP contribution in [0.25, 0.3) is 0 Å². The Bertz CT molecular complexity index is 890. The molecule has 0 bridgehead atoms. The predicted molar refractivity (Wildman–Crippen MR) is 114 cm³/mol. The summed E-state index contributed by atoms with van der Waals surface area (Å²) in [5.41, 5.74) is 0.865. The number of aliphatic hydroxyl groups excluding tert-OH is 1. The van der Waals surface area contributed by atoms with E-state index < -0.39 is 17.7 Å². The topological polar surface area (TPSA) is 38.7 Å². The average Bonchev–Trinajstić information content (AvgIpc) is 2.76. The Hall–Kier alpha value is -2.47. The Morgan fingerprint density at radius 1 is 1.03 bits per heavy atom. The molecule has 0 aliphatic heterocycles. The van der Waals surface area contributed by atoms with Crippen molar-refractivity contribution in [2.45, 2.75) is 51.0 Å². The second kappa shape index (κ2) is 10.7. The van der Waals surface area contributed by atoms with Crippen LogP contribution in [-0.4, -0.2) is 18.3 Å². The van der Waals surface area contributed by atoms with Gasteiger partial charge in [0.05, 0.1) is 19.3 Å². The van der Waals surface area contributed by atoms with E-state index >= 15 is 0 Å². The first-order chi connectivity index (χ1) is 14.9. The van der Waals surface area contributed by atoms with E-state index in [1.165, 1.54) is 19.1 Å². The highest BCUT2D eigenvalue weighted by molar-refractivity contribution is 5.33. The van der Waals surface area contributed by atoms with Crippen LogP contribution < -0.4 is 9.47 Å². The molecular formula is C25H29F3O3. The van der Waals surface area contributed by atoms with Crippen LogP contribution in [0.15, 0.2) is 43.0 Å². The van der Waals surface area contributed by atoms with E-state index in [9.17, 15) is 18.3 Å². The zero-order chi connectivity index (χ0) is 22.4. The number of ether oxygens (including phenoxy) is 2. The van der Waals surface area contributed by atoms with Crippen molar-refractivity contribution in [3.05, 3.63) is 71.6 Å². The summed E-state index contributed by atoms with van der Waals surface area (Å²) in [6.07, 6.45) is 4.78. The second-order valence-electron chi connectivity index (χ2n) is 8.10. The third kappa shape index (κ3) is 5.82. The van der Waals surface area contributed by atoms with Gasteiger partial charge in [-0.1, -0.05) is 12.1 Å². The first kappa shape index (κ1) is 23.2. The van der Waals surface area contributed by atoms with Gasteiger partial charge in [-0.2, -0.15) is 4.39 Å². The molecule has 1 N–H and O–H groups in total. The lowest BCUT2D eigenvalue weighted by Gasteiger charge is -2.29. The summed E-state index contributed by atoms with van der Waals surface area (Å²) in [5.74, 6) is -1.91. The molecular weight excluding hydrogens is 405 g/mol. The lowest BCUT2D eigenvalue weighted by molar-refractivity contribution is 0.184. The van der Waals surface area contributed by atoms with Crippen LogP contribution in [-0.2, 0) is 0 Å². The largest absolute Gasteiger partial charge is 0.490 e. The first-order valence-electron chi connectivity index (χ1n) is 10.7. The minimum Gasteiger partial charge on any atom is -0.490 e. The van der Waals surface area contributed by atoms with Gasteiger partial charge in [-0.3, -0.25) is 0 Å². The van der Waals surface area contributed by atoms with Crippen LogP contribution in [0.4, 0.5) is 13.2 Å². The van der Waals surface area contributed by atoms with Crippen molar-refractivity contribution < 1.29 is 27.8 Å². The van der Waals surface area contributed by atoms with Crippen LogP contribution in [0.3, 0.4) is 0 Å². The van der Waals surface area contributed by atoms with Crippen molar-refractivity contribution in [2.75, 3.05) is 13.2 Å². The molecule has 3 rings (SSSR count). The molecule has 1 unspecified atom stereocenters. The second-order valence-corrected chi connectivity index (χ2v) is 8.10. The van der Waals surface area contributed by atoms with Gasteiger partial charge >= 0.3 is 0 Å². The van der Waals surface area contributed by atoms with E-state index in [1.54, 1.807) is 18.2 Å². The highest BCUT2D eigenvalue weighted by Gasteiger charge is 2.25. The fourth-order valence-corrected chi connectivity index (χ4v) is 3.99. The van der Waals surface area contributed by atoms with Crippen LogP contribution in [0.1, 0.15) is 62.2 Å². The van der Waals surface area contributed by atoms with Crippen LogP contribution in [0.5, 0.6) is 11.5 Å². The third-order valence-electron chi connectivity index (χ3n) is 5.86. The number of hydrogen-bond acceptors (Lipinski definition) is 3. The van der Waals surface area contributed by atoms with Gasteiger partial charge < -0.3 is 14.6 Å². The fraction of sp³-hybridized carbons (Fsp3) is 0.440. The van der Waals surface area contributed by atoms with Crippen molar-refractivity contribution in [1.29, 1.82) is 0 Å². The molecule has 0 spiro atoms. The van der Waals surface area contributed by atoms with Crippen LogP contribution in [0, 0.1) is 23.4 Å². The van der Waals surface area contributed by atoms with Crippen LogP contribution in [0.2, 0.25) is 0 Å². The zero-order valence-electron chi connectivity index (χ0n) is 17.8. The summed E-state index contributed by atoms with van der Waals surface area (Å²) in [6, 6.07) is 7.83. The molecule has 0 amide bonds. The first-order valence-corrected chi connectivity index (χ1v) is 10.7. The molecule has 0 saturated heterocycles. The minimum atomic E-state index is -1.09. The predicted octanol–water partition coefficient (Wildman–Crippen LogP) is 6.46. The maximum atomic E-state index is 14.3. The SMILES string of the molecule is C=CCCOc1ccc(C2CCC(COc3ccc(C(C)O)c(F)c3F)CC2)cc1F. The van der Waals surface area contributed by atoms with Crippen molar-refractivity contribution in [2.24, 2.45) is 5.92 Å². The molecule has 2 aromatic carbocycles. The molecule has 1 fully saturated rings. The van der Waals surface area contributed by atoms with E-state index in [4.69, 9.17) is 9.47 Å². The Balaban J connectivity index is 1.52. The minimum absolute atomic E-state index is 0.0882. The molecule has 168 valence electrons. The molecule has 31 heavy (non-hydrogen) atoms. The van der Waals surface area contributed by atoms with Gasteiger partial charge in [-0.25, -0.2) is 8.78 Å². The Morgan fingerprint density at radius 2 is 1.74 bits per heavy atom. The van der Waals surface area contributed by atoms with Gasteiger partial charge in [-0.15, -0.1) is 6.58 Å². The van der Waals surface area contributed by atoms with Crippen molar-refractivity contribution in [3.8, 4) is 11.5 Å². The normalized spacial score (nSPS) is 19.6. The van der Waals surface area contributed by atoms with Gasteiger partial charge in [0.1, 0.15) is 0 Å². The Labute approximate surface area is 181 Å². The molecule has 0 heterocycles. The smallest absolute Gasteiger partial charge is 0.200 e. The number of rotatable bonds is 9. The summed E-state index contributed by atoms with van der Waals surface area (Å²) in [6.45, 7) is 5.69. The van der Waals surface area contributed by atoms with E-state index in [0.717, 1.165) is 31.2 Å². The molecule has 3 nitrogen and oxygen atoms in total. The van der Waals surface area contributed by atoms with Gasteiger partial charge in [0, 0.05) is 5.56 Å². The number of halogens is 3. The molecule has 1 aliphatic carbocycles. The van der Waals surface area contributed by atoms with E-state index in [0.29, 0.717) is 19.6 Å². The molecule has 0 aromatic heterocycles. The number of aliphatic hydroxyl groups is 1. The number of benzene rings is 2. The summed E-state index contributed by atoms with van der Waals surface area (Å²) in [4.78, 5) is 0. The average molecular weight is 434 g/mol. The quantitative estimate of drug-likeness (QED) is 0.363. The molecule has 2 aromatic rings. The molecule has 6 heteroatoms. The molecule has 1 atom stereocenters. The van der Waals surface area contributed by atoms with Crippen molar-refractivity contribution in [1.82, 2.24) is 0 Å². The molecule has 1 saturated carbocycles. The summed E-state index contributed by atoms with van der Waals surface area (Å²) < 4.78 is 53.4. The Kier molecular flexibility index (Phi) is 8.02. The monoisotopic (exact) mass is 434 g/mol. The summed E-state index contributed by atoms with van der Waals surface area (Å²) in [7, 11) is 0. The summed E-state index contributed by atoms with van der Waals surface area (Å²) in [5, 5.41) is 9.47. The lowest BCUT2D eigenvalue weighted by atomic mass is 9.79. The maximum Gasteiger partial charge on any atom is 0.200 e. The van der Waals surface area contributed by atoms with Gasteiger partial charge in [0.25, 0.3) is 0 Å². The van der Waals surface area contributed by atoms with Gasteiger partial charge in [-0.05, 0) is 80.7 Å². The zero-order valence-corrected chi connectivity index (χ0v) is 17.8.